The minimum Gasteiger partial charge on any atom is -0.346 e. The zero-order valence-electron chi connectivity index (χ0n) is 11.3. The zero-order chi connectivity index (χ0) is 14.0. The van der Waals surface area contributed by atoms with Crippen molar-refractivity contribution in [2.45, 2.75) is 19.6 Å². The summed E-state index contributed by atoms with van der Waals surface area (Å²) in [5, 5.41) is 0. The van der Waals surface area contributed by atoms with E-state index >= 15 is 0 Å². The molecule has 2 nitrogen and oxygen atoms in total. The molecule has 0 unspecified atom stereocenters. The second kappa shape index (κ2) is 5.55. The molecule has 1 saturated heterocycles. The number of benzene rings is 1. The van der Waals surface area contributed by atoms with Gasteiger partial charge < -0.3 is 4.81 Å². The number of aryl methyl sites for hydroxylation is 1. The molecule has 1 aliphatic rings. The predicted octanol–water partition coefficient (Wildman–Crippen LogP) is 1.68. The molecule has 1 aromatic carbocycles. The lowest BCUT2D eigenvalue weighted by Gasteiger charge is -2.33. The summed E-state index contributed by atoms with van der Waals surface area (Å²) in [5.74, 6) is 0. The molecule has 0 radical (unpaired) electrons. The van der Waals surface area contributed by atoms with E-state index in [4.69, 9.17) is 0 Å². The number of alkyl halides is 3. The molecule has 0 N–H and O–H groups in total. The zero-order valence-corrected chi connectivity index (χ0v) is 11.3. The minimum absolute atomic E-state index is 0.563. The maximum absolute atomic E-state index is 12.6. The molecule has 104 valence electrons. The maximum Gasteiger partial charge on any atom is 0.416 e. The molecule has 1 fully saturated rings. The normalized spacial score (nSPS) is 18.7. The number of nitrogens with zero attached hydrogens (tertiary/aromatic N) is 2. The number of hydrogen-bond acceptors (Lipinski definition) is 2. The Morgan fingerprint density at radius 2 is 1.79 bits per heavy atom. The van der Waals surface area contributed by atoms with Crippen LogP contribution in [-0.2, 0) is 12.7 Å². The fourth-order valence-electron chi connectivity index (χ4n) is 2.30. The van der Waals surface area contributed by atoms with Crippen LogP contribution in [0, 0.1) is 6.92 Å². The van der Waals surface area contributed by atoms with E-state index in [9.17, 15) is 13.2 Å². The van der Waals surface area contributed by atoms with Crippen LogP contribution in [0.5, 0.6) is 0 Å². The predicted molar refractivity (Wildman–Crippen MR) is 71.6 cm³/mol. The monoisotopic (exact) mass is 270 g/mol. The fourth-order valence-corrected chi connectivity index (χ4v) is 2.30. The van der Waals surface area contributed by atoms with E-state index in [1.807, 2.05) is 0 Å². The summed E-state index contributed by atoms with van der Waals surface area (Å²) in [6.45, 7) is 6.45. The SMILES string of the molecule is BN1CCN(Cc2ccc(C(F)(F)F)cc2C)CC1. The molecule has 1 heterocycles. The van der Waals surface area contributed by atoms with Gasteiger partial charge in [-0.3, -0.25) is 4.90 Å². The molecular formula is C13H18BF3N2. The van der Waals surface area contributed by atoms with Gasteiger partial charge in [-0.15, -0.1) is 0 Å². The first kappa shape index (κ1) is 14.4. The smallest absolute Gasteiger partial charge is 0.346 e. The van der Waals surface area contributed by atoms with Crippen LogP contribution < -0.4 is 0 Å². The molecule has 0 bridgehead atoms. The Labute approximate surface area is 112 Å². The van der Waals surface area contributed by atoms with Gasteiger partial charge in [-0.05, 0) is 43.3 Å². The summed E-state index contributed by atoms with van der Waals surface area (Å²) in [5.41, 5.74) is 1.14. The highest BCUT2D eigenvalue weighted by Crippen LogP contribution is 2.30. The Hall–Kier alpha value is -1.01. The molecule has 0 atom stereocenters. The third-order valence-electron chi connectivity index (χ3n) is 3.66. The molecule has 1 aromatic rings. The highest BCUT2D eigenvalue weighted by atomic mass is 19.4. The van der Waals surface area contributed by atoms with Crippen molar-refractivity contribution in [2.75, 3.05) is 26.2 Å². The first-order valence-corrected chi connectivity index (χ1v) is 6.44. The van der Waals surface area contributed by atoms with E-state index in [1.165, 1.54) is 12.1 Å². The van der Waals surface area contributed by atoms with E-state index in [1.54, 1.807) is 13.0 Å². The standard InChI is InChI=1S/C13H18BF3N2/c1-10-8-12(13(15,16)17)3-2-11(10)9-18-4-6-19(14)7-5-18/h2-3,8H,4-7,9,14H2,1H3. The summed E-state index contributed by atoms with van der Waals surface area (Å²) in [6, 6.07) is 4.03. The molecule has 0 aliphatic carbocycles. The largest absolute Gasteiger partial charge is 0.416 e. The average molecular weight is 270 g/mol. The highest BCUT2D eigenvalue weighted by molar-refractivity contribution is 6.04. The lowest BCUT2D eigenvalue weighted by Crippen LogP contribution is -2.44. The summed E-state index contributed by atoms with van der Waals surface area (Å²) in [7, 11) is 2.08. The van der Waals surface area contributed by atoms with Crippen LogP contribution in [0.2, 0.25) is 0 Å². The summed E-state index contributed by atoms with van der Waals surface area (Å²) >= 11 is 0. The van der Waals surface area contributed by atoms with Crippen molar-refractivity contribution < 1.29 is 13.2 Å². The molecule has 19 heavy (non-hydrogen) atoms. The number of rotatable bonds is 2. The Morgan fingerprint density at radius 1 is 1.16 bits per heavy atom. The van der Waals surface area contributed by atoms with E-state index in [2.05, 4.69) is 17.7 Å². The van der Waals surface area contributed by atoms with Crippen molar-refractivity contribution in [3.05, 3.63) is 34.9 Å². The van der Waals surface area contributed by atoms with Gasteiger partial charge in [0, 0.05) is 19.6 Å². The third-order valence-corrected chi connectivity index (χ3v) is 3.66. The van der Waals surface area contributed by atoms with Crippen molar-refractivity contribution in [2.24, 2.45) is 0 Å². The van der Waals surface area contributed by atoms with Crippen LogP contribution >= 0.6 is 0 Å². The second-order valence-corrected chi connectivity index (χ2v) is 5.22. The second-order valence-electron chi connectivity index (χ2n) is 5.22. The molecule has 2 rings (SSSR count). The van der Waals surface area contributed by atoms with Gasteiger partial charge in [0.1, 0.15) is 0 Å². The Bertz CT molecular complexity index is 440. The highest BCUT2D eigenvalue weighted by Gasteiger charge is 2.30. The van der Waals surface area contributed by atoms with Crippen LogP contribution in [0.15, 0.2) is 18.2 Å². The van der Waals surface area contributed by atoms with Crippen LogP contribution in [0.1, 0.15) is 16.7 Å². The Kier molecular flexibility index (Phi) is 4.21. The molecular weight excluding hydrogens is 252 g/mol. The minimum atomic E-state index is -4.25. The first-order chi connectivity index (χ1) is 8.86. The summed E-state index contributed by atoms with van der Waals surface area (Å²) in [6.07, 6.45) is -4.25. The van der Waals surface area contributed by atoms with Crippen molar-refractivity contribution in [1.29, 1.82) is 0 Å². The molecule has 0 amide bonds. The van der Waals surface area contributed by atoms with Gasteiger partial charge in [0.05, 0.1) is 5.56 Å². The fraction of sp³-hybridized carbons (Fsp3) is 0.538. The Morgan fingerprint density at radius 3 is 2.32 bits per heavy atom. The molecule has 6 heteroatoms. The van der Waals surface area contributed by atoms with Crippen LogP contribution in [0.3, 0.4) is 0 Å². The van der Waals surface area contributed by atoms with Gasteiger partial charge in [-0.2, -0.15) is 13.2 Å². The van der Waals surface area contributed by atoms with Crippen molar-refractivity contribution >= 4 is 7.98 Å². The number of halogens is 3. The topological polar surface area (TPSA) is 6.48 Å². The van der Waals surface area contributed by atoms with E-state index in [0.29, 0.717) is 5.56 Å². The van der Waals surface area contributed by atoms with Crippen molar-refractivity contribution in [1.82, 2.24) is 9.71 Å². The summed E-state index contributed by atoms with van der Waals surface area (Å²) in [4.78, 5) is 4.55. The van der Waals surface area contributed by atoms with Gasteiger partial charge >= 0.3 is 6.18 Å². The van der Waals surface area contributed by atoms with Crippen LogP contribution in [0.4, 0.5) is 13.2 Å². The lowest BCUT2D eigenvalue weighted by atomic mass is 10.0. The van der Waals surface area contributed by atoms with Gasteiger partial charge in [0.25, 0.3) is 0 Å². The van der Waals surface area contributed by atoms with Crippen LogP contribution in [0.25, 0.3) is 0 Å². The van der Waals surface area contributed by atoms with Gasteiger partial charge in [0.2, 0.25) is 0 Å². The number of hydrogen-bond donors (Lipinski definition) is 0. The summed E-state index contributed by atoms with van der Waals surface area (Å²) < 4.78 is 37.8. The van der Waals surface area contributed by atoms with Gasteiger partial charge in [-0.25, -0.2) is 0 Å². The van der Waals surface area contributed by atoms with Gasteiger partial charge in [-0.1, -0.05) is 6.07 Å². The average Bonchev–Trinajstić information content (AvgIpc) is 2.33. The lowest BCUT2D eigenvalue weighted by molar-refractivity contribution is -0.137. The third kappa shape index (κ3) is 3.73. The maximum atomic E-state index is 12.6. The molecule has 0 saturated carbocycles. The first-order valence-electron chi connectivity index (χ1n) is 6.44. The molecule has 0 aromatic heterocycles. The number of piperazine rings is 1. The van der Waals surface area contributed by atoms with Crippen molar-refractivity contribution in [3.8, 4) is 0 Å². The van der Waals surface area contributed by atoms with E-state index in [-0.39, 0.29) is 0 Å². The van der Waals surface area contributed by atoms with Gasteiger partial charge in [0.15, 0.2) is 7.98 Å². The molecule has 1 aliphatic heterocycles. The van der Waals surface area contributed by atoms with Crippen molar-refractivity contribution in [3.63, 3.8) is 0 Å². The van der Waals surface area contributed by atoms with Crippen LogP contribution in [-0.4, -0.2) is 43.9 Å². The Balaban J connectivity index is 2.05. The molecule has 0 spiro atoms. The van der Waals surface area contributed by atoms with E-state index < -0.39 is 11.7 Å². The quantitative estimate of drug-likeness (QED) is 0.754. The van der Waals surface area contributed by atoms with E-state index in [0.717, 1.165) is 38.3 Å².